The average Bonchev–Trinajstić information content (AvgIpc) is 3.02. The minimum Gasteiger partial charge on any atom is -0.311 e. The summed E-state index contributed by atoms with van der Waals surface area (Å²) in [5, 5.41) is 0. The lowest BCUT2D eigenvalue weighted by Gasteiger charge is -2.28. The van der Waals surface area contributed by atoms with Crippen LogP contribution in [0.4, 0.5) is 34.1 Å². The quantitative estimate of drug-likeness (QED) is 0.208. The maximum absolute atomic E-state index is 2.34. The molecule has 0 amide bonds. The minimum atomic E-state index is 1.13. The fraction of sp³-hybridized carbons (Fsp3) is 0.0526. The van der Waals surface area contributed by atoms with Crippen molar-refractivity contribution in [2.75, 3.05) is 9.80 Å². The third-order valence-corrected chi connectivity index (χ3v) is 7.49. The molecule has 6 rings (SSSR count). The Morgan fingerprint density at radius 1 is 0.325 bits per heavy atom. The molecule has 0 atom stereocenters. The van der Waals surface area contributed by atoms with E-state index in [-0.39, 0.29) is 0 Å². The van der Waals surface area contributed by atoms with Gasteiger partial charge in [0, 0.05) is 34.1 Å². The Bertz CT molecular complexity index is 1600. The van der Waals surface area contributed by atoms with Crippen molar-refractivity contribution < 1.29 is 0 Å². The van der Waals surface area contributed by atoms with Gasteiger partial charge in [0.1, 0.15) is 0 Å². The molecule has 0 bridgehead atoms. The van der Waals surface area contributed by atoms with Crippen LogP contribution in [-0.2, 0) is 0 Å². The maximum atomic E-state index is 2.34. The van der Waals surface area contributed by atoms with Gasteiger partial charge in [0.05, 0.1) is 0 Å². The Morgan fingerprint density at radius 2 is 0.700 bits per heavy atom. The van der Waals surface area contributed by atoms with Crippen LogP contribution in [0.1, 0.15) is 11.1 Å². The van der Waals surface area contributed by atoms with E-state index in [1.807, 2.05) is 0 Å². The summed E-state index contributed by atoms with van der Waals surface area (Å²) in [5.41, 5.74) is 11.9. The zero-order chi connectivity index (χ0) is 27.3. The normalized spacial score (nSPS) is 10.8. The van der Waals surface area contributed by atoms with E-state index in [2.05, 4.69) is 181 Å². The van der Waals surface area contributed by atoms with Crippen LogP contribution in [0.2, 0.25) is 0 Å². The lowest BCUT2D eigenvalue weighted by Crippen LogP contribution is -2.12. The molecule has 0 fully saturated rings. The SMILES string of the molecule is Cc1c(-c2ccc(N(c3ccccc3)c3ccccc3)cc2)ccc(N(c2ccccc2)c2ccccc2)c1C. The second kappa shape index (κ2) is 11.3. The smallest absolute Gasteiger partial charge is 0.0493 e. The van der Waals surface area contributed by atoms with Crippen molar-refractivity contribution in [3.05, 3.63) is 169 Å². The summed E-state index contributed by atoms with van der Waals surface area (Å²) in [6, 6.07) is 55.7. The maximum Gasteiger partial charge on any atom is 0.0493 e. The molecule has 0 spiro atoms. The number of anilines is 6. The van der Waals surface area contributed by atoms with Crippen LogP contribution < -0.4 is 9.80 Å². The van der Waals surface area contributed by atoms with Gasteiger partial charge in [-0.05, 0) is 103 Å². The number of rotatable bonds is 7. The summed E-state index contributed by atoms with van der Waals surface area (Å²) in [6.45, 7) is 4.46. The van der Waals surface area contributed by atoms with Gasteiger partial charge >= 0.3 is 0 Å². The van der Waals surface area contributed by atoms with Crippen molar-refractivity contribution in [3.8, 4) is 11.1 Å². The molecule has 0 N–H and O–H groups in total. The van der Waals surface area contributed by atoms with E-state index in [0.717, 1.165) is 28.4 Å². The predicted octanol–water partition coefficient (Wildman–Crippen LogP) is 10.9. The van der Waals surface area contributed by atoms with Crippen LogP contribution >= 0.6 is 0 Å². The number of para-hydroxylation sites is 4. The first-order valence-corrected chi connectivity index (χ1v) is 13.7. The van der Waals surface area contributed by atoms with Crippen molar-refractivity contribution in [2.45, 2.75) is 13.8 Å². The van der Waals surface area contributed by atoms with E-state index in [0.29, 0.717) is 0 Å². The van der Waals surface area contributed by atoms with Gasteiger partial charge in [-0.25, -0.2) is 0 Å². The first kappa shape index (κ1) is 25.2. The predicted molar refractivity (Wildman–Crippen MR) is 171 cm³/mol. The lowest BCUT2D eigenvalue weighted by molar-refractivity contribution is 1.22. The van der Waals surface area contributed by atoms with Gasteiger partial charge in [0.15, 0.2) is 0 Å². The first-order chi connectivity index (χ1) is 19.7. The van der Waals surface area contributed by atoms with Gasteiger partial charge in [0.2, 0.25) is 0 Å². The van der Waals surface area contributed by atoms with Gasteiger partial charge in [-0.15, -0.1) is 0 Å². The van der Waals surface area contributed by atoms with E-state index < -0.39 is 0 Å². The highest BCUT2D eigenvalue weighted by molar-refractivity contribution is 5.83. The van der Waals surface area contributed by atoms with Crippen LogP contribution in [-0.4, -0.2) is 0 Å². The minimum absolute atomic E-state index is 1.13. The molecule has 0 saturated carbocycles. The summed E-state index contributed by atoms with van der Waals surface area (Å²) in [7, 11) is 0. The van der Waals surface area contributed by atoms with Crippen molar-refractivity contribution in [1.29, 1.82) is 0 Å². The van der Waals surface area contributed by atoms with Gasteiger partial charge in [-0.2, -0.15) is 0 Å². The van der Waals surface area contributed by atoms with Gasteiger partial charge in [-0.1, -0.05) is 91.0 Å². The first-order valence-electron chi connectivity index (χ1n) is 13.7. The molecule has 0 aliphatic carbocycles. The van der Waals surface area contributed by atoms with Gasteiger partial charge in [-0.3, -0.25) is 0 Å². The monoisotopic (exact) mass is 516 g/mol. The van der Waals surface area contributed by atoms with E-state index in [9.17, 15) is 0 Å². The number of hydrogen-bond donors (Lipinski definition) is 0. The van der Waals surface area contributed by atoms with Gasteiger partial charge < -0.3 is 9.80 Å². The second-order valence-electron chi connectivity index (χ2n) is 9.94. The summed E-state index contributed by atoms with van der Waals surface area (Å²) in [6.07, 6.45) is 0. The molecule has 0 heterocycles. The third-order valence-electron chi connectivity index (χ3n) is 7.49. The van der Waals surface area contributed by atoms with E-state index >= 15 is 0 Å². The molecule has 6 aromatic rings. The fourth-order valence-corrected chi connectivity index (χ4v) is 5.33. The van der Waals surface area contributed by atoms with E-state index in [1.165, 1.54) is 27.9 Å². The fourth-order valence-electron chi connectivity index (χ4n) is 5.33. The molecule has 0 unspecified atom stereocenters. The summed E-state index contributed by atoms with van der Waals surface area (Å²) < 4.78 is 0. The standard InChI is InChI=1S/C38H32N2/c1-29-30(2)38(40(34-19-11-5-12-20-34)35-21-13-6-14-22-35)28-27-37(29)31-23-25-36(26-24-31)39(32-15-7-3-8-16-32)33-17-9-4-10-18-33/h3-28H,1-2H3. The van der Waals surface area contributed by atoms with E-state index in [4.69, 9.17) is 0 Å². The topological polar surface area (TPSA) is 6.48 Å². The molecule has 2 heteroatoms. The number of hydrogen-bond acceptors (Lipinski definition) is 2. The zero-order valence-electron chi connectivity index (χ0n) is 22.9. The summed E-state index contributed by atoms with van der Waals surface area (Å²) in [5.74, 6) is 0. The number of benzene rings is 6. The van der Waals surface area contributed by atoms with Crippen LogP contribution in [0.25, 0.3) is 11.1 Å². The molecule has 0 aliphatic heterocycles. The highest BCUT2D eigenvalue weighted by Gasteiger charge is 2.18. The van der Waals surface area contributed by atoms with E-state index in [1.54, 1.807) is 0 Å². The van der Waals surface area contributed by atoms with Crippen molar-refractivity contribution in [3.63, 3.8) is 0 Å². The third kappa shape index (κ3) is 5.00. The Labute approximate surface area is 237 Å². The Balaban J connectivity index is 1.38. The average molecular weight is 517 g/mol. The van der Waals surface area contributed by atoms with Crippen LogP contribution in [0, 0.1) is 13.8 Å². The molecule has 0 aromatic heterocycles. The summed E-state index contributed by atoms with van der Waals surface area (Å²) in [4.78, 5) is 4.63. The largest absolute Gasteiger partial charge is 0.311 e. The van der Waals surface area contributed by atoms with Crippen LogP contribution in [0.15, 0.2) is 158 Å². The molecule has 0 radical (unpaired) electrons. The molecule has 0 aliphatic rings. The molecule has 6 aromatic carbocycles. The highest BCUT2D eigenvalue weighted by Crippen LogP contribution is 2.41. The Kier molecular flexibility index (Phi) is 7.15. The van der Waals surface area contributed by atoms with Crippen LogP contribution in [0.3, 0.4) is 0 Å². The second-order valence-corrected chi connectivity index (χ2v) is 9.94. The summed E-state index contributed by atoms with van der Waals surface area (Å²) >= 11 is 0. The highest BCUT2D eigenvalue weighted by atomic mass is 15.1. The molecule has 0 saturated heterocycles. The zero-order valence-corrected chi connectivity index (χ0v) is 22.9. The number of nitrogens with zero attached hydrogens (tertiary/aromatic N) is 2. The molecule has 194 valence electrons. The van der Waals surface area contributed by atoms with Crippen molar-refractivity contribution in [1.82, 2.24) is 0 Å². The Morgan fingerprint density at radius 3 is 1.12 bits per heavy atom. The lowest BCUT2D eigenvalue weighted by atomic mass is 9.94. The van der Waals surface area contributed by atoms with Crippen molar-refractivity contribution >= 4 is 34.1 Å². The van der Waals surface area contributed by atoms with Gasteiger partial charge in [0.25, 0.3) is 0 Å². The van der Waals surface area contributed by atoms with Crippen molar-refractivity contribution in [2.24, 2.45) is 0 Å². The molecular weight excluding hydrogens is 484 g/mol. The molecule has 40 heavy (non-hydrogen) atoms. The molecular formula is C38H32N2. The van der Waals surface area contributed by atoms with Crippen LogP contribution in [0.5, 0.6) is 0 Å². The Hall–Kier alpha value is -5.08. The molecule has 2 nitrogen and oxygen atoms in total.